The normalized spacial score (nSPS) is 14.2. The molecule has 0 saturated heterocycles. The topological polar surface area (TPSA) is 55.4 Å². The smallest absolute Gasteiger partial charge is 0.328 e. The molecule has 0 radical (unpaired) electrons. The molecular formula is C26H27NO3S. The Morgan fingerprint density at radius 1 is 0.968 bits per heavy atom. The van der Waals surface area contributed by atoms with Crippen LogP contribution in [0.5, 0.6) is 0 Å². The van der Waals surface area contributed by atoms with Crippen molar-refractivity contribution in [3.8, 4) is 0 Å². The molecule has 0 aliphatic heterocycles. The van der Waals surface area contributed by atoms with Crippen LogP contribution in [0.1, 0.15) is 23.1 Å². The van der Waals surface area contributed by atoms with E-state index in [1.54, 1.807) is 0 Å². The van der Waals surface area contributed by atoms with Crippen molar-refractivity contribution in [2.45, 2.75) is 31.7 Å². The van der Waals surface area contributed by atoms with Crippen molar-refractivity contribution in [3.05, 3.63) is 83.4 Å². The maximum atomic E-state index is 13.1. The Bertz CT molecular complexity index is 1050. The molecular weight excluding hydrogens is 406 g/mol. The van der Waals surface area contributed by atoms with E-state index < -0.39 is 12.0 Å². The van der Waals surface area contributed by atoms with E-state index in [0.717, 1.165) is 16.3 Å². The number of ether oxygens (including phenoxy) is 1. The highest BCUT2D eigenvalue weighted by atomic mass is 32.1. The summed E-state index contributed by atoms with van der Waals surface area (Å²) in [6.45, 7) is 0.305. The summed E-state index contributed by atoms with van der Waals surface area (Å²) >= 11 is 4.17. The number of carbonyl (C=O) groups excluding carboxylic acids is 2. The number of carbonyl (C=O) groups is 2. The van der Waals surface area contributed by atoms with E-state index in [4.69, 9.17) is 4.74 Å². The maximum absolute atomic E-state index is 13.1. The van der Waals surface area contributed by atoms with Crippen LogP contribution in [0, 0.1) is 5.92 Å². The lowest BCUT2D eigenvalue weighted by Crippen LogP contribution is -2.46. The van der Waals surface area contributed by atoms with Crippen LogP contribution >= 0.6 is 12.6 Å². The van der Waals surface area contributed by atoms with Crippen molar-refractivity contribution < 1.29 is 14.3 Å². The number of nitrogens with one attached hydrogen (secondary N) is 1. The van der Waals surface area contributed by atoms with Crippen molar-refractivity contribution in [2.75, 3.05) is 12.4 Å². The second kappa shape index (κ2) is 10.0. The molecule has 0 aromatic heterocycles. The molecule has 0 fully saturated rings. The quantitative estimate of drug-likeness (QED) is 0.319. The highest BCUT2D eigenvalue weighted by Gasteiger charge is 2.31. The molecule has 0 bridgehead atoms. The first-order chi connectivity index (χ1) is 15.2. The van der Waals surface area contributed by atoms with E-state index in [9.17, 15) is 9.59 Å². The molecule has 0 unspecified atom stereocenters. The van der Waals surface area contributed by atoms with Crippen LogP contribution in [0.2, 0.25) is 0 Å². The monoisotopic (exact) mass is 433 g/mol. The van der Waals surface area contributed by atoms with E-state index in [1.807, 2.05) is 54.6 Å². The lowest BCUT2D eigenvalue weighted by atomic mass is 9.98. The number of rotatable bonds is 8. The van der Waals surface area contributed by atoms with Crippen LogP contribution in [0.15, 0.2) is 66.7 Å². The predicted molar refractivity (Wildman–Crippen MR) is 126 cm³/mol. The zero-order valence-electron chi connectivity index (χ0n) is 17.4. The third-order valence-electron chi connectivity index (χ3n) is 5.87. The summed E-state index contributed by atoms with van der Waals surface area (Å²) in [6.07, 6.45) is 2.49. The second-order valence-electron chi connectivity index (χ2n) is 8.02. The minimum Gasteiger partial charge on any atom is -0.464 e. The number of hydrogen-bond donors (Lipinski definition) is 2. The molecule has 1 amide bonds. The fourth-order valence-electron chi connectivity index (χ4n) is 4.26. The molecule has 1 aliphatic rings. The summed E-state index contributed by atoms with van der Waals surface area (Å²) in [5.74, 6) is 0.0114. The van der Waals surface area contributed by atoms with Gasteiger partial charge in [0, 0.05) is 12.3 Å². The van der Waals surface area contributed by atoms with Gasteiger partial charge in [-0.2, -0.15) is 12.6 Å². The Morgan fingerprint density at radius 3 is 2.39 bits per heavy atom. The van der Waals surface area contributed by atoms with Gasteiger partial charge in [0.25, 0.3) is 0 Å². The molecule has 3 aromatic rings. The Morgan fingerprint density at radius 2 is 1.65 bits per heavy atom. The molecule has 0 spiro atoms. The van der Waals surface area contributed by atoms with E-state index in [2.05, 4.69) is 30.1 Å². The van der Waals surface area contributed by atoms with Gasteiger partial charge in [-0.1, -0.05) is 66.7 Å². The van der Waals surface area contributed by atoms with Gasteiger partial charge in [-0.05, 0) is 52.5 Å². The molecule has 4 rings (SSSR count). The molecule has 1 N–H and O–H groups in total. The van der Waals surface area contributed by atoms with Crippen molar-refractivity contribution in [1.82, 2.24) is 5.32 Å². The molecule has 31 heavy (non-hydrogen) atoms. The van der Waals surface area contributed by atoms with Gasteiger partial charge >= 0.3 is 5.97 Å². The van der Waals surface area contributed by atoms with Crippen LogP contribution in [0.3, 0.4) is 0 Å². The van der Waals surface area contributed by atoms with Crippen molar-refractivity contribution in [2.24, 2.45) is 5.92 Å². The third-order valence-corrected chi connectivity index (χ3v) is 6.19. The molecule has 1 atom stereocenters. The van der Waals surface area contributed by atoms with Crippen LogP contribution in [0.4, 0.5) is 0 Å². The molecule has 0 saturated carbocycles. The van der Waals surface area contributed by atoms with Crippen LogP contribution in [0.25, 0.3) is 10.8 Å². The number of benzene rings is 3. The van der Waals surface area contributed by atoms with Crippen LogP contribution < -0.4 is 5.32 Å². The predicted octanol–water partition coefficient (Wildman–Crippen LogP) is 4.15. The number of fused-ring (bicyclic) bond motifs is 2. The summed E-state index contributed by atoms with van der Waals surface area (Å²) in [4.78, 5) is 25.9. The number of hydrogen-bond acceptors (Lipinski definition) is 4. The molecule has 3 aromatic carbocycles. The zero-order valence-corrected chi connectivity index (χ0v) is 18.3. The molecule has 0 heterocycles. The lowest BCUT2D eigenvalue weighted by molar-refractivity contribution is -0.148. The molecule has 1 aliphatic carbocycles. The Balaban J connectivity index is 1.51. The molecule has 5 heteroatoms. The van der Waals surface area contributed by atoms with Gasteiger partial charge < -0.3 is 10.1 Å². The van der Waals surface area contributed by atoms with Gasteiger partial charge in [-0.3, -0.25) is 4.79 Å². The SMILES string of the molecule is O=C(N[C@H](Cc1cccc2ccccc12)C(=O)OCCCS)C1Cc2ccccc2C1. The first kappa shape index (κ1) is 21.4. The first-order valence-electron chi connectivity index (χ1n) is 10.8. The van der Waals surface area contributed by atoms with Crippen molar-refractivity contribution >= 4 is 35.3 Å². The average Bonchev–Trinajstić information content (AvgIpc) is 3.23. The van der Waals surface area contributed by atoms with Gasteiger partial charge in [0.1, 0.15) is 6.04 Å². The molecule has 4 nitrogen and oxygen atoms in total. The van der Waals surface area contributed by atoms with Crippen LogP contribution in [-0.2, 0) is 33.6 Å². The number of esters is 1. The van der Waals surface area contributed by atoms with Gasteiger partial charge in [0.05, 0.1) is 6.61 Å². The summed E-state index contributed by atoms with van der Waals surface area (Å²) in [7, 11) is 0. The number of amides is 1. The maximum Gasteiger partial charge on any atom is 0.328 e. The van der Waals surface area contributed by atoms with E-state index in [1.165, 1.54) is 11.1 Å². The number of thiol groups is 1. The standard InChI is InChI=1S/C26H27NO3S/c28-25(22-15-19-8-1-2-9-20(19)16-22)27-24(26(29)30-13-6-14-31)17-21-11-5-10-18-7-3-4-12-23(18)21/h1-5,7-12,22,24,31H,6,13-17H2,(H,27,28)/t24-/m1/s1. The van der Waals surface area contributed by atoms with Gasteiger partial charge in [0.15, 0.2) is 0 Å². The fraction of sp³-hybridized carbons (Fsp3) is 0.308. The minimum atomic E-state index is -0.720. The lowest BCUT2D eigenvalue weighted by Gasteiger charge is -2.20. The zero-order chi connectivity index (χ0) is 21.6. The summed E-state index contributed by atoms with van der Waals surface area (Å²) in [6, 6.07) is 21.5. The van der Waals surface area contributed by atoms with Gasteiger partial charge in [-0.25, -0.2) is 4.79 Å². The average molecular weight is 434 g/mol. The Kier molecular flexibility index (Phi) is 6.92. The summed E-state index contributed by atoms with van der Waals surface area (Å²) < 4.78 is 5.45. The fourth-order valence-corrected chi connectivity index (χ4v) is 4.38. The van der Waals surface area contributed by atoms with Gasteiger partial charge in [0.2, 0.25) is 5.91 Å². The third kappa shape index (κ3) is 5.10. The van der Waals surface area contributed by atoms with Crippen molar-refractivity contribution in [3.63, 3.8) is 0 Å². The van der Waals surface area contributed by atoms with Gasteiger partial charge in [-0.15, -0.1) is 0 Å². The minimum absolute atomic E-state index is 0.0902. The molecule has 160 valence electrons. The second-order valence-corrected chi connectivity index (χ2v) is 8.47. The van der Waals surface area contributed by atoms with E-state index in [0.29, 0.717) is 38.0 Å². The van der Waals surface area contributed by atoms with Crippen molar-refractivity contribution in [1.29, 1.82) is 0 Å². The summed E-state index contributed by atoms with van der Waals surface area (Å²) in [5.41, 5.74) is 3.44. The first-order valence-corrected chi connectivity index (χ1v) is 11.4. The van der Waals surface area contributed by atoms with Crippen LogP contribution in [-0.4, -0.2) is 30.3 Å². The summed E-state index contributed by atoms with van der Waals surface area (Å²) in [5, 5.41) is 5.20. The van der Waals surface area contributed by atoms with E-state index in [-0.39, 0.29) is 11.8 Å². The highest BCUT2D eigenvalue weighted by Crippen LogP contribution is 2.27. The Labute approximate surface area is 188 Å². The largest absolute Gasteiger partial charge is 0.464 e. The highest BCUT2D eigenvalue weighted by molar-refractivity contribution is 7.80. The van der Waals surface area contributed by atoms with E-state index >= 15 is 0 Å². The Hall–Kier alpha value is -2.79.